The maximum absolute atomic E-state index is 11.1. The van der Waals surface area contributed by atoms with Crippen molar-refractivity contribution >= 4 is 5.91 Å². The molecule has 86 valence electrons. The number of rotatable bonds is 2. The molecule has 1 aromatic carbocycles. The zero-order valence-electron chi connectivity index (χ0n) is 9.75. The molecule has 0 unspecified atom stereocenters. The number of carbonyl (C=O) groups excluding carboxylic acids is 1. The van der Waals surface area contributed by atoms with Crippen LogP contribution in [0.4, 0.5) is 0 Å². The zero-order valence-corrected chi connectivity index (χ0v) is 9.75. The molecule has 1 aliphatic rings. The number of carbonyl (C=O) groups is 1. The number of fused-ring (bicyclic) bond motifs is 1. The Morgan fingerprint density at radius 3 is 3.00 bits per heavy atom. The van der Waals surface area contributed by atoms with Gasteiger partial charge in [0, 0.05) is 6.92 Å². The van der Waals surface area contributed by atoms with Crippen molar-refractivity contribution < 1.29 is 9.53 Å². The number of hydrogen-bond donors (Lipinski definition) is 1. The van der Waals surface area contributed by atoms with Crippen molar-refractivity contribution in [1.82, 2.24) is 5.32 Å². The first-order valence-corrected chi connectivity index (χ1v) is 5.64. The summed E-state index contributed by atoms with van der Waals surface area (Å²) in [6.45, 7) is 1.57. The lowest BCUT2D eigenvalue weighted by molar-refractivity contribution is -0.119. The van der Waals surface area contributed by atoms with Crippen LogP contribution >= 0.6 is 0 Å². The van der Waals surface area contributed by atoms with Gasteiger partial charge in [0.15, 0.2) is 0 Å². The first kappa shape index (κ1) is 11.0. The molecule has 3 nitrogen and oxygen atoms in total. The minimum Gasteiger partial charge on any atom is -0.497 e. The fourth-order valence-corrected chi connectivity index (χ4v) is 2.31. The smallest absolute Gasteiger partial charge is 0.217 e. The van der Waals surface area contributed by atoms with Crippen molar-refractivity contribution in [1.29, 1.82) is 0 Å². The maximum atomic E-state index is 11.1. The van der Waals surface area contributed by atoms with E-state index in [1.807, 2.05) is 6.07 Å². The molecule has 0 aromatic heterocycles. The second kappa shape index (κ2) is 4.56. The normalized spacial score (nSPS) is 18.8. The van der Waals surface area contributed by atoms with Gasteiger partial charge in [-0.05, 0) is 42.5 Å². The number of methoxy groups -OCH3 is 1. The van der Waals surface area contributed by atoms with Crippen molar-refractivity contribution in [3.8, 4) is 5.75 Å². The average molecular weight is 219 g/mol. The Hall–Kier alpha value is -1.51. The van der Waals surface area contributed by atoms with Crippen LogP contribution in [0.25, 0.3) is 0 Å². The highest BCUT2D eigenvalue weighted by atomic mass is 16.5. The highest BCUT2D eigenvalue weighted by molar-refractivity contribution is 5.73. The zero-order chi connectivity index (χ0) is 11.5. The van der Waals surface area contributed by atoms with Crippen molar-refractivity contribution in [2.75, 3.05) is 7.11 Å². The van der Waals surface area contributed by atoms with Crippen molar-refractivity contribution in [3.05, 3.63) is 29.3 Å². The molecule has 0 spiro atoms. The van der Waals surface area contributed by atoms with Crippen LogP contribution in [0.3, 0.4) is 0 Å². The molecule has 1 atom stereocenters. The Labute approximate surface area is 95.8 Å². The summed E-state index contributed by atoms with van der Waals surface area (Å²) in [5.41, 5.74) is 2.53. The molecule has 1 aliphatic carbocycles. The van der Waals surface area contributed by atoms with Gasteiger partial charge in [-0.3, -0.25) is 4.79 Å². The fourth-order valence-electron chi connectivity index (χ4n) is 2.31. The van der Waals surface area contributed by atoms with Crippen LogP contribution in [0.1, 0.15) is 36.9 Å². The third-order valence-corrected chi connectivity index (χ3v) is 3.04. The molecule has 1 aromatic rings. The van der Waals surface area contributed by atoms with E-state index in [1.165, 1.54) is 11.1 Å². The van der Waals surface area contributed by atoms with Gasteiger partial charge < -0.3 is 10.1 Å². The summed E-state index contributed by atoms with van der Waals surface area (Å²) < 4.78 is 5.21. The van der Waals surface area contributed by atoms with Crippen molar-refractivity contribution in [2.45, 2.75) is 32.2 Å². The monoisotopic (exact) mass is 219 g/mol. The van der Waals surface area contributed by atoms with Gasteiger partial charge in [0.05, 0.1) is 13.2 Å². The Morgan fingerprint density at radius 2 is 2.31 bits per heavy atom. The second-order valence-corrected chi connectivity index (χ2v) is 4.21. The Balaban J connectivity index is 2.28. The molecule has 0 radical (unpaired) electrons. The summed E-state index contributed by atoms with van der Waals surface area (Å²) in [4.78, 5) is 11.1. The van der Waals surface area contributed by atoms with Gasteiger partial charge in [0.1, 0.15) is 5.75 Å². The summed E-state index contributed by atoms with van der Waals surface area (Å²) in [5, 5.41) is 3.00. The molecule has 0 aliphatic heterocycles. The molecule has 2 rings (SSSR count). The van der Waals surface area contributed by atoms with E-state index < -0.39 is 0 Å². The van der Waals surface area contributed by atoms with E-state index in [4.69, 9.17) is 4.74 Å². The number of benzene rings is 1. The van der Waals surface area contributed by atoms with Crippen LogP contribution in [0.2, 0.25) is 0 Å². The van der Waals surface area contributed by atoms with E-state index >= 15 is 0 Å². The van der Waals surface area contributed by atoms with Gasteiger partial charge in [-0.15, -0.1) is 0 Å². The fraction of sp³-hybridized carbons (Fsp3) is 0.462. The topological polar surface area (TPSA) is 38.3 Å². The highest BCUT2D eigenvalue weighted by Gasteiger charge is 2.20. The molecule has 0 saturated carbocycles. The number of aryl methyl sites for hydroxylation is 1. The number of hydrogen-bond acceptors (Lipinski definition) is 2. The van der Waals surface area contributed by atoms with Crippen LogP contribution in [0.5, 0.6) is 5.75 Å². The van der Waals surface area contributed by atoms with E-state index in [9.17, 15) is 4.79 Å². The van der Waals surface area contributed by atoms with Gasteiger partial charge in [-0.2, -0.15) is 0 Å². The van der Waals surface area contributed by atoms with E-state index in [-0.39, 0.29) is 11.9 Å². The minimum absolute atomic E-state index is 0.0358. The summed E-state index contributed by atoms with van der Waals surface area (Å²) in [5.74, 6) is 0.927. The van der Waals surface area contributed by atoms with Crippen LogP contribution < -0.4 is 10.1 Å². The number of amides is 1. The molecule has 0 saturated heterocycles. The summed E-state index contributed by atoms with van der Waals surface area (Å²) in [6.07, 6.45) is 3.21. The molecule has 0 heterocycles. The average Bonchev–Trinajstić information content (AvgIpc) is 2.28. The van der Waals surface area contributed by atoms with Gasteiger partial charge in [0.25, 0.3) is 0 Å². The predicted octanol–water partition coefficient (Wildman–Crippen LogP) is 2.21. The Morgan fingerprint density at radius 1 is 1.50 bits per heavy atom. The van der Waals surface area contributed by atoms with Crippen LogP contribution in [-0.4, -0.2) is 13.0 Å². The quantitative estimate of drug-likeness (QED) is 0.828. The standard InChI is InChI=1S/C13H17NO2/c1-9(15)14-13-5-3-4-10-8-11(16-2)6-7-12(10)13/h6-8,13H,3-5H2,1-2H3,(H,14,15)/t13-/m0/s1. The molecule has 1 N–H and O–H groups in total. The lowest BCUT2D eigenvalue weighted by Gasteiger charge is -2.26. The third kappa shape index (κ3) is 2.18. The Kier molecular flexibility index (Phi) is 3.13. The van der Waals surface area contributed by atoms with Gasteiger partial charge in [-0.1, -0.05) is 6.07 Å². The molecule has 3 heteroatoms. The molecule has 0 bridgehead atoms. The van der Waals surface area contributed by atoms with Gasteiger partial charge in [0.2, 0.25) is 5.91 Å². The van der Waals surface area contributed by atoms with Crippen LogP contribution in [-0.2, 0) is 11.2 Å². The highest BCUT2D eigenvalue weighted by Crippen LogP contribution is 2.31. The molecule has 1 amide bonds. The van der Waals surface area contributed by atoms with Gasteiger partial charge in [-0.25, -0.2) is 0 Å². The molecule has 0 fully saturated rings. The third-order valence-electron chi connectivity index (χ3n) is 3.04. The summed E-state index contributed by atoms with van der Waals surface area (Å²) in [7, 11) is 1.68. The van der Waals surface area contributed by atoms with E-state index in [2.05, 4.69) is 17.4 Å². The minimum atomic E-state index is 0.0358. The van der Waals surface area contributed by atoms with E-state index in [1.54, 1.807) is 14.0 Å². The SMILES string of the molecule is COc1ccc2c(c1)CCC[C@@H]2NC(C)=O. The maximum Gasteiger partial charge on any atom is 0.217 e. The van der Waals surface area contributed by atoms with Crippen LogP contribution in [0.15, 0.2) is 18.2 Å². The lowest BCUT2D eigenvalue weighted by Crippen LogP contribution is -2.28. The molecular formula is C13H17NO2. The first-order valence-electron chi connectivity index (χ1n) is 5.64. The largest absolute Gasteiger partial charge is 0.497 e. The summed E-state index contributed by atoms with van der Waals surface area (Å²) >= 11 is 0. The van der Waals surface area contributed by atoms with E-state index in [0.29, 0.717) is 0 Å². The van der Waals surface area contributed by atoms with E-state index in [0.717, 1.165) is 25.0 Å². The molecular weight excluding hydrogens is 202 g/mol. The van der Waals surface area contributed by atoms with Crippen molar-refractivity contribution in [2.24, 2.45) is 0 Å². The second-order valence-electron chi connectivity index (χ2n) is 4.21. The molecule has 16 heavy (non-hydrogen) atoms. The van der Waals surface area contributed by atoms with Crippen LogP contribution in [0, 0.1) is 0 Å². The first-order chi connectivity index (χ1) is 7.70. The lowest BCUT2D eigenvalue weighted by atomic mass is 9.87. The van der Waals surface area contributed by atoms with Crippen molar-refractivity contribution in [3.63, 3.8) is 0 Å². The summed E-state index contributed by atoms with van der Waals surface area (Å²) in [6, 6.07) is 6.27. The predicted molar refractivity (Wildman–Crippen MR) is 62.5 cm³/mol. The Bertz CT molecular complexity index is 401. The number of nitrogens with one attached hydrogen (secondary N) is 1. The number of ether oxygens (including phenoxy) is 1. The van der Waals surface area contributed by atoms with Gasteiger partial charge >= 0.3 is 0 Å².